The third-order valence-electron chi connectivity index (χ3n) is 3.89. The molecule has 2 N–H and O–H groups in total. The fraction of sp³-hybridized carbons (Fsp3) is 0.562. The topological polar surface area (TPSA) is 82.5 Å². The van der Waals surface area contributed by atoms with Gasteiger partial charge in [-0.3, -0.25) is 4.79 Å². The fourth-order valence-corrected chi connectivity index (χ4v) is 2.61. The molecule has 0 saturated carbocycles. The summed E-state index contributed by atoms with van der Waals surface area (Å²) in [7, 11) is 0. The Morgan fingerprint density at radius 2 is 2.23 bits per heavy atom. The molecule has 1 aliphatic rings. The van der Waals surface area contributed by atoms with E-state index in [9.17, 15) is 9.59 Å². The predicted molar refractivity (Wildman–Crippen MR) is 84.0 cm³/mol. The van der Waals surface area contributed by atoms with E-state index >= 15 is 0 Å². The number of amides is 1. The standard InChI is InChI=1S/C16H23N3O3/c1-11(2)15(20)17-9-12-5-4-8-19(10-12)14-7-3-6-13(18-14)16(21)22/h3,6-7,11-12H,4-5,8-10H2,1-2H3,(H,17,20)(H,21,22). The molecule has 2 heterocycles. The minimum atomic E-state index is -1.01. The van der Waals surface area contributed by atoms with Crippen LogP contribution in [0.4, 0.5) is 5.82 Å². The lowest BCUT2D eigenvalue weighted by molar-refractivity contribution is -0.124. The van der Waals surface area contributed by atoms with Gasteiger partial charge in [0.1, 0.15) is 5.82 Å². The summed E-state index contributed by atoms with van der Waals surface area (Å²) >= 11 is 0. The molecule has 1 saturated heterocycles. The quantitative estimate of drug-likeness (QED) is 0.866. The van der Waals surface area contributed by atoms with E-state index in [-0.39, 0.29) is 17.5 Å². The molecule has 1 aromatic rings. The lowest BCUT2D eigenvalue weighted by Crippen LogP contribution is -2.42. The Kier molecular flexibility index (Phi) is 5.35. The Hall–Kier alpha value is -2.11. The molecule has 1 unspecified atom stereocenters. The average molecular weight is 305 g/mol. The number of nitrogens with one attached hydrogen (secondary N) is 1. The van der Waals surface area contributed by atoms with Crippen LogP contribution in [-0.2, 0) is 4.79 Å². The lowest BCUT2D eigenvalue weighted by atomic mass is 9.97. The highest BCUT2D eigenvalue weighted by atomic mass is 16.4. The van der Waals surface area contributed by atoms with Crippen molar-refractivity contribution in [2.75, 3.05) is 24.5 Å². The molecule has 1 aliphatic heterocycles. The molecule has 1 fully saturated rings. The van der Waals surface area contributed by atoms with Gasteiger partial charge < -0.3 is 15.3 Å². The van der Waals surface area contributed by atoms with Crippen molar-refractivity contribution >= 4 is 17.7 Å². The van der Waals surface area contributed by atoms with Crippen molar-refractivity contribution in [1.82, 2.24) is 10.3 Å². The molecule has 0 radical (unpaired) electrons. The second kappa shape index (κ2) is 7.24. The minimum absolute atomic E-state index is 0.00592. The zero-order chi connectivity index (χ0) is 16.1. The van der Waals surface area contributed by atoms with E-state index in [1.54, 1.807) is 6.07 Å². The SMILES string of the molecule is CC(C)C(=O)NCC1CCCN(c2cccc(C(=O)O)n2)C1. The number of hydrogen-bond acceptors (Lipinski definition) is 4. The highest BCUT2D eigenvalue weighted by Gasteiger charge is 2.22. The highest BCUT2D eigenvalue weighted by Crippen LogP contribution is 2.21. The van der Waals surface area contributed by atoms with Gasteiger partial charge in [0, 0.05) is 25.6 Å². The Balaban J connectivity index is 1.97. The number of carbonyl (C=O) groups excluding carboxylic acids is 1. The maximum absolute atomic E-state index is 11.7. The van der Waals surface area contributed by atoms with Crippen molar-refractivity contribution in [3.05, 3.63) is 23.9 Å². The van der Waals surface area contributed by atoms with Gasteiger partial charge in [-0.05, 0) is 30.9 Å². The van der Waals surface area contributed by atoms with Crippen LogP contribution in [0.3, 0.4) is 0 Å². The van der Waals surface area contributed by atoms with Crippen LogP contribution in [-0.4, -0.2) is 41.6 Å². The maximum atomic E-state index is 11.7. The molecule has 1 atom stereocenters. The second-order valence-electron chi connectivity index (χ2n) is 6.04. The van der Waals surface area contributed by atoms with Gasteiger partial charge in [0.2, 0.25) is 5.91 Å². The molecule has 120 valence electrons. The van der Waals surface area contributed by atoms with Crippen LogP contribution in [0.2, 0.25) is 0 Å². The normalized spacial score (nSPS) is 18.3. The number of carboxylic acids is 1. The number of rotatable bonds is 5. The van der Waals surface area contributed by atoms with Crippen molar-refractivity contribution in [3.63, 3.8) is 0 Å². The average Bonchev–Trinajstić information content (AvgIpc) is 2.52. The number of anilines is 1. The first kappa shape index (κ1) is 16.3. The summed E-state index contributed by atoms with van der Waals surface area (Å²) in [5.41, 5.74) is 0.0627. The van der Waals surface area contributed by atoms with E-state index in [1.165, 1.54) is 6.07 Å². The number of nitrogens with zero attached hydrogens (tertiary/aromatic N) is 2. The Morgan fingerprint density at radius 1 is 1.45 bits per heavy atom. The molecule has 22 heavy (non-hydrogen) atoms. The molecule has 1 amide bonds. The lowest BCUT2D eigenvalue weighted by Gasteiger charge is -2.33. The molecule has 2 rings (SSSR count). The van der Waals surface area contributed by atoms with Crippen LogP contribution >= 0.6 is 0 Å². The smallest absolute Gasteiger partial charge is 0.354 e. The number of piperidine rings is 1. The first-order valence-corrected chi connectivity index (χ1v) is 7.70. The molecule has 0 aliphatic carbocycles. The van der Waals surface area contributed by atoms with Gasteiger partial charge in [-0.15, -0.1) is 0 Å². The summed E-state index contributed by atoms with van der Waals surface area (Å²) in [6.45, 7) is 6.07. The van der Waals surface area contributed by atoms with Gasteiger partial charge in [0.25, 0.3) is 0 Å². The number of carboxylic acid groups (broad SMARTS) is 1. The van der Waals surface area contributed by atoms with Gasteiger partial charge >= 0.3 is 5.97 Å². The largest absolute Gasteiger partial charge is 0.477 e. The molecule has 6 nitrogen and oxygen atoms in total. The molecular formula is C16H23N3O3. The van der Waals surface area contributed by atoms with Gasteiger partial charge in [0.05, 0.1) is 0 Å². The van der Waals surface area contributed by atoms with E-state index < -0.39 is 5.97 Å². The van der Waals surface area contributed by atoms with Gasteiger partial charge in [-0.2, -0.15) is 0 Å². The van der Waals surface area contributed by atoms with E-state index in [2.05, 4.69) is 15.2 Å². The minimum Gasteiger partial charge on any atom is -0.477 e. The first-order valence-electron chi connectivity index (χ1n) is 7.70. The summed E-state index contributed by atoms with van der Waals surface area (Å²) in [6.07, 6.45) is 2.08. The van der Waals surface area contributed by atoms with Crippen molar-refractivity contribution < 1.29 is 14.7 Å². The second-order valence-corrected chi connectivity index (χ2v) is 6.04. The third kappa shape index (κ3) is 4.19. The van der Waals surface area contributed by atoms with E-state index in [1.807, 2.05) is 19.9 Å². The van der Waals surface area contributed by atoms with Crippen molar-refractivity contribution in [3.8, 4) is 0 Å². The van der Waals surface area contributed by atoms with Crippen LogP contribution in [0, 0.1) is 11.8 Å². The fourth-order valence-electron chi connectivity index (χ4n) is 2.61. The number of aromatic carboxylic acids is 1. The first-order chi connectivity index (χ1) is 10.5. The molecular weight excluding hydrogens is 282 g/mol. The molecule has 1 aromatic heterocycles. The van der Waals surface area contributed by atoms with E-state index in [0.29, 0.717) is 18.3 Å². The van der Waals surface area contributed by atoms with Crippen molar-refractivity contribution in [2.45, 2.75) is 26.7 Å². The van der Waals surface area contributed by atoms with Gasteiger partial charge in [0.15, 0.2) is 5.69 Å². The number of pyridine rings is 1. The Bertz CT molecular complexity index is 545. The van der Waals surface area contributed by atoms with E-state index in [4.69, 9.17) is 5.11 Å². The summed E-state index contributed by atoms with van der Waals surface area (Å²) in [5.74, 6) is 0.114. The molecule has 0 bridgehead atoms. The maximum Gasteiger partial charge on any atom is 0.354 e. The predicted octanol–water partition coefficient (Wildman–Crippen LogP) is 1.77. The summed E-state index contributed by atoms with van der Waals surface area (Å²) in [4.78, 5) is 29.0. The van der Waals surface area contributed by atoms with Crippen LogP contribution in [0.1, 0.15) is 37.2 Å². The van der Waals surface area contributed by atoms with Crippen LogP contribution in [0.5, 0.6) is 0 Å². The van der Waals surface area contributed by atoms with E-state index in [0.717, 1.165) is 25.9 Å². The van der Waals surface area contributed by atoms with Crippen LogP contribution in [0.15, 0.2) is 18.2 Å². The summed E-state index contributed by atoms with van der Waals surface area (Å²) < 4.78 is 0. The zero-order valence-electron chi connectivity index (χ0n) is 13.1. The molecule has 6 heteroatoms. The number of hydrogen-bond donors (Lipinski definition) is 2. The summed E-state index contributed by atoms with van der Waals surface area (Å²) in [6, 6.07) is 5.05. The van der Waals surface area contributed by atoms with Gasteiger partial charge in [-0.25, -0.2) is 9.78 Å². The monoisotopic (exact) mass is 305 g/mol. The van der Waals surface area contributed by atoms with Crippen LogP contribution in [0.25, 0.3) is 0 Å². The Morgan fingerprint density at radius 3 is 2.91 bits per heavy atom. The molecule has 0 aromatic carbocycles. The summed E-state index contributed by atoms with van der Waals surface area (Å²) in [5, 5.41) is 12.0. The van der Waals surface area contributed by atoms with Gasteiger partial charge in [-0.1, -0.05) is 19.9 Å². The van der Waals surface area contributed by atoms with Crippen molar-refractivity contribution in [1.29, 1.82) is 0 Å². The van der Waals surface area contributed by atoms with Crippen LogP contribution < -0.4 is 10.2 Å². The van der Waals surface area contributed by atoms with Crippen molar-refractivity contribution in [2.24, 2.45) is 11.8 Å². The number of aromatic nitrogens is 1. The number of carbonyl (C=O) groups is 2. The third-order valence-corrected chi connectivity index (χ3v) is 3.89. The Labute approximate surface area is 130 Å². The highest BCUT2D eigenvalue weighted by molar-refractivity contribution is 5.85. The zero-order valence-corrected chi connectivity index (χ0v) is 13.1. The molecule has 0 spiro atoms.